The van der Waals surface area contributed by atoms with Crippen molar-refractivity contribution in [2.75, 3.05) is 12.3 Å². The minimum Gasteiger partial charge on any atom is -0.398 e. The summed E-state index contributed by atoms with van der Waals surface area (Å²) in [4.78, 5) is 0. The standard InChI is InChI=1S/C14H23BrN2/c1-10(2)14(3,4)9-17-8-11-5-6-13(16)12(15)7-11/h5-7,10,17H,8-9,16H2,1-4H3. The van der Waals surface area contributed by atoms with Crippen LogP contribution in [-0.2, 0) is 6.54 Å². The summed E-state index contributed by atoms with van der Waals surface area (Å²) in [5.41, 5.74) is 8.13. The van der Waals surface area contributed by atoms with Crippen LogP contribution in [0.3, 0.4) is 0 Å². The molecule has 0 aliphatic rings. The van der Waals surface area contributed by atoms with Crippen LogP contribution in [0.25, 0.3) is 0 Å². The zero-order valence-corrected chi connectivity index (χ0v) is 12.8. The number of halogens is 1. The average molecular weight is 299 g/mol. The lowest BCUT2D eigenvalue weighted by molar-refractivity contribution is 0.238. The van der Waals surface area contributed by atoms with Gasteiger partial charge in [0.05, 0.1) is 0 Å². The summed E-state index contributed by atoms with van der Waals surface area (Å²) in [5.74, 6) is 0.674. The fraction of sp³-hybridized carbons (Fsp3) is 0.571. The molecular weight excluding hydrogens is 276 g/mol. The van der Waals surface area contributed by atoms with Gasteiger partial charge in [-0.1, -0.05) is 33.8 Å². The Hall–Kier alpha value is -0.540. The van der Waals surface area contributed by atoms with Crippen molar-refractivity contribution in [3.63, 3.8) is 0 Å². The molecule has 0 saturated carbocycles. The van der Waals surface area contributed by atoms with Crippen LogP contribution in [0.2, 0.25) is 0 Å². The van der Waals surface area contributed by atoms with Crippen LogP contribution in [0.4, 0.5) is 5.69 Å². The Morgan fingerprint density at radius 2 is 2.00 bits per heavy atom. The van der Waals surface area contributed by atoms with Gasteiger partial charge in [-0.3, -0.25) is 0 Å². The van der Waals surface area contributed by atoms with Crippen molar-refractivity contribution < 1.29 is 0 Å². The molecule has 17 heavy (non-hydrogen) atoms. The first-order chi connectivity index (χ1) is 7.83. The van der Waals surface area contributed by atoms with Crippen molar-refractivity contribution in [1.82, 2.24) is 5.32 Å². The topological polar surface area (TPSA) is 38.0 Å². The quantitative estimate of drug-likeness (QED) is 0.812. The normalized spacial score (nSPS) is 12.1. The van der Waals surface area contributed by atoms with Gasteiger partial charge in [-0.15, -0.1) is 0 Å². The number of anilines is 1. The second-order valence-corrected chi connectivity index (χ2v) is 6.46. The second-order valence-electron chi connectivity index (χ2n) is 5.60. The van der Waals surface area contributed by atoms with E-state index in [1.807, 2.05) is 6.07 Å². The number of rotatable bonds is 5. The molecule has 0 unspecified atom stereocenters. The van der Waals surface area contributed by atoms with E-state index in [2.05, 4.69) is 61.1 Å². The zero-order valence-electron chi connectivity index (χ0n) is 11.2. The molecule has 0 radical (unpaired) electrons. The van der Waals surface area contributed by atoms with E-state index in [-0.39, 0.29) is 0 Å². The molecule has 1 aromatic rings. The summed E-state index contributed by atoms with van der Waals surface area (Å²) < 4.78 is 0.972. The van der Waals surface area contributed by atoms with Crippen LogP contribution in [0.1, 0.15) is 33.3 Å². The van der Waals surface area contributed by atoms with Crippen LogP contribution in [0.5, 0.6) is 0 Å². The third-order valence-electron chi connectivity index (χ3n) is 3.54. The highest BCUT2D eigenvalue weighted by Gasteiger charge is 2.21. The highest BCUT2D eigenvalue weighted by molar-refractivity contribution is 9.10. The molecule has 0 aliphatic carbocycles. The van der Waals surface area contributed by atoms with Gasteiger partial charge >= 0.3 is 0 Å². The molecule has 3 heteroatoms. The lowest BCUT2D eigenvalue weighted by Gasteiger charge is -2.29. The Labute approximate surface area is 113 Å². The van der Waals surface area contributed by atoms with E-state index >= 15 is 0 Å². The highest BCUT2D eigenvalue weighted by atomic mass is 79.9. The Morgan fingerprint density at radius 1 is 1.35 bits per heavy atom. The Bertz CT molecular complexity index is 372. The molecule has 0 bridgehead atoms. The van der Waals surface area contributed by atoms with E-state index in [9.17, 15) is 0 Å². The minimum atomic E-state index is 0.324. The van der Waals surface area contributed by atoms with Crippen LogP contribution >= 0.6 is 15.9 Å². The van der Waals surface area contributed by atoms with E-state index in [1.54, 1.807) is 0 Å². The predicted molar refractivity (Wildman–Crippen MR) is 78.9 cm³/mol. The van der Waals surface area contributed by atoms with Crippen molar-refractivity contribution in [2.45, 2.75) is 34.2 Å². The molecule has 0 aromatic heterocycles. The molecule has 0 aliphatic heterocycles. The van der Waals surface area contributed by atoms with Crippen molar-refractivity contribution >= 4 is 21.6 Å². The minimum absolute atomic E-state index is 0.324. The summed E-state index contributed by atoms with van der Waals surface area (Å²) in [6, 6.07) is 6.08. The molecular formula is C14H23BrN2. The van der Waals surface area contributed by atoms with Crippen LogP contribution < -0.4 is 11.1 Å². The molecule has 3 N–H and O–H groups in total. The van der Waals surface area contributed by atoms with Gasteiger partial charge in [0, 0.05) is 23.2 Å². The van der Waals surface area contributed by atoms with Crippen molar-refractivity contribution in [2.24, 2.45) is 11.3 Å². The summed E-state index contributed by atoms with van der Waals surface area (Å²) in [7, 11) is 0. The largest absolute Gasteiger partial charge is 0.398 e. The van der Waals surface area contributed by atoms with Gasteiger partial charge in [-0.25, -0.2) is 0 Å². The molecule has 0 amide bonds. The third kappa shape index (κ3) is 4.32. The van der Waals surface area contributed by atoms with Gasteiger partial charge in [0.25, 0.3) is 0 Å². The van der Waals surface area contributed by atoms with E-state index in [4.69, 9.17) is 5.73 Å². The second kappa shape index (κ2) is 5.87. The highest BCUT2D eigenvalue weighted by Crippen LogP contribution is 2.25. The van der Waals surface area contributed by atoms with Gasteiger partial charge in [-0.2, -0.15) is 0 Å². The maximum Gasteiger partial charge on any atom is 0.0458 e. The van der Waals surface area contributed by atoms with Gasteiger partial charge in [0.15, 0.2) is 0 Å². The van der Waals surface area contributed by atoms with Crippen LogP contribution in [0, 0.1) is 11.3 Å². The lowest BCUT2D eigenvalue weighted by atomic mass is 9.81. The lowest BCUT2D eigenvalue weighted by Crippen LogP contribution is -2.33. The maximum absolute atomic E-state index is 5.76. The zero-order chi connectivity index (χ0) is 13.1. The van der Waals surface area contributed by atoms with E-state index in [1.165, 1.54) is 5.56 Å². The first-order valence-corrected chi connectivity index (χ1v) is 6.87. The smallest absolute Gasteiger partial charge is 0.0458 e. The molecule has 1 aromatic carbocycles. The number of nitrogens with one attached hydrogen (secondary N) is 1. The first kappa shape index (κ1) is 14.5. The molecule has 2 nitrogen and oxygen atoms in total. The first-order valence-electron chi connectivity index (χ1n) is 6.07. The predicted octanol–water partition coefficient (Wildman–Crippen LogP) is 3.80. The molecule has 0 saturated heterocycles. The summed E-state index contributed by atoms with van der Waals surface area (Å²) in [6.45, 7) is 11.0. The van der Waals surface area contributed by atoms with Crippen molar-refractivity contribution in [1.29, 1.82) is 0 Å². The third-order valence-corrected chi connectivity index (χ3v) is 4.22. The van der Waals surface area contributed by atoms with Gasteiger partial charge in [0.2, 0.25) is 0 Å². The van der Waals surface area contributed by atoms with E-state index < -0.39 is 0 Å². The molecule has 96 valence electrons. The Balaban J connectivity index is 2.49. The summed E-state index contributed by atoms with van der Waals surface area (Å²) >= 11 is 3.45. The van der Waals surface area contributed by atoms with Gasteiger partial charge in [0.1, 0.15) is 0 Å². The van der Waals surface area contributed by atoms with E-state index in [0.717, 1.165) is 23.2 Å². The van der Waals surface area contributed by atoms with Crippen molar-refractivity contribution in [3.05, 3.63) is 28.2 Å². The number of nitrogens with two attached hydrogens (primary N) is 1. The Morgan fingerprint density at radius 3 is 2.53 bits per heavy atom. The average Bonchev–Trinajstić information content (AvgIpc) is 2.23. The number of benzene rings is 1. The molecule has 0 spiro atoms. The molecule has 0 fully saturated rings. The summed E-state index contributed by atoms with van der Waals surface area (Å²) in [6.07, 6.45) is 0. The van der Waals surface area contributed by atoms with E-state index in [0.29, 0.717) is 11.3 Å². The van der Waals surface area contributed by atoms with Crippen LogP contribution in [-0.4, -0.2) is 6.54 Å². The summed E-state index contributed by atoms with van der Waals surface area (Å²) in [5, 5.41) is 3.51. The molecule has 1 rings (SSSR count). The fourth-order valence-corrected chi connectivity index (χ4v) is 1.84. The number of nitrogen functional groups attached to an aromatic ring is 1. The van der Waals surface area contributed by atoms with Gasteiger partial charge in [-0.05, 0) is 45.0 Å². The fourth-order valence-electron chi connectivity index (χ4n) is 1.41. The van der Waals surface area contributed by atoms with Gasteiger partial charge < -0.3 is 11.1 Å². The maximum atomic E-state index is 5.76. The van der Waals surface area contributed by atoms with Crippen LogP contribution in [0.15, 0.2) is 22.7 Å². The Kier molecular flexibility index (Phi) is 5.02. The number of hydrogen-bond donors (Lipinski definition) is 2. The molecule has 0 heterocycles. The van der Waals surface area contributed by atoms with Crippen molar-refractivity contribution in [3.8, 4) is 0 Å². The SMILES string of the molecule is CC(C)C(C)(C)CNCc1ccc(N)c(Br)c1. The number of hydrogen-bond acceptors (Lipinski definition) is 2. The molecule has 0 atom stereocenters. The monoisotopic (exact) mass is 298 g/mol.